The molecule has 70 valence electrons. The summed E-state index contributed by atoms with van der Waals surface area (Å²) < 4.78 is 27.3. The van der Waals surface area contributed by atoms with Gasteiger partial charge in [0.2, 0.25) is 5.29 Å². The summed E-state index contributed by atoms with van der Waals surface area (Å²) in [6.07, 6.45) is 1.23. The SMILES string of the molecule is Cn1ncc2c1NC(Cl)=NS2(=O)=O. The molecule has 0 fully saturated rings. The first-order valence-corrected chi connectivity index (χ1v) is 5.12. The Morgan fingerprint density at radius 3 is 3.00 bits per heavy atom. The van der Waals surface area contributed by atoms with E-state index in [1.165, 1.54) is 10.9 Å². The van der Waals surface area contributed by atoms with E-state index in [4.69, 9.17) is 11.6 Å². The molecule has 6 nitrogen and oxygen atoms in total. The number of rotatable bonds is 0. The maximum absolute atomic E-state index is 11.3. The second-order valence-corrected chi connectivity index (χ2v) is 4.39. The van der Waals surface area contributed by atoms with Crippen molar-refractivity contribution in [3.8, 4) is 0 Å². The van der Waals surface area contributed by atoms with E-state index in [1.54, 1.807) is 7.05 Å². The highest BCUT2D eigenvalue weighted by Crippen LogP contribution is 2.26. The summed E-state index contributed by atoms with van der Waals surface area (Å²) in [5, 5.41) is 6.20. The molecule has 1 aromatic rings. The molecule has 2 rings (SSSR count). The number of sulfonamides is 1. The first kappa shape index (κ1) is 8.52. The molecule has 0 bridgehead atoms. The van der Waals surface area contributed by atoms with Crippen LogP contribution >= 0.6 is 11.6 Å². The topological polar surface area (TPSA) is 76.3 Å². The summed E-state index contributed by atoms with van der Waals surface area (Å²) >= 11 is 5.48. The summed E-state index contributed by atoms with van der Waals surface area (Å²) in [7, 11) is -2.05. The van der Waals surface area contributed by atoms with Crippen LogP contribution < -0.4 is 5.32 Å². The number of amidine groups is 1. The van der Waals surface area contributed by atoms with Crippen LogP contribution in [0.5, 0.6) is 0 Å². The van der Waals surface area contributed by atoms with E-state index in [9.17, 15) is 8.42 Å². The molecule has 0 unspecified atom stereocenters. The minimum absolute atomic E-state index is 0.0411. The van der Waals surface area contributed by atoms with Crippen molar-refractivity contribution in [2.75, 3.05) is 5.32 Å². The van der Waals surface area contributed by atoms with Crippen LogP contribution in [-0.2, 0) is 17.1 Å². The Hall–Kier alpha value is -1.08. The first-order chi connectivity index (χ1) is 6.00. The van der Waals surface area contributed by atoms with E-state index in [0.717, 1.165) is 0 Å². The van der Waals surface area contributed by atoms with Gasteiger partial charge in [0.15, 0.2) is 10.7 Å². The van der Waals surface area contributed by atoms with Gasteiger partial charge in [0.25, 0.3) is 10.0 Å². The van der Waals surface area contributed by atoms with Crippen molar-refractivity contribution in [2.45, 2.75) is 4.90 Å². The number of fused-ring (bicyclic) bond motifs is 1. The molecule has 13 heavy (non-hydrogen) atoms. The lowest BCUT2D eigenvalue weighted by molar-refractivity contribution is 0.598. The zero-order chi connectivity index (χ0) is 9.64. The molecule has 0 saturated carbocycles. The molecule has 0 radical (unpaired) electrons. The van der Waals surface area contributed by atoms with Crippen molar-refractivity contribution in [3.63, 3.8) is 0 Å². The predicted octanol–water partition coefficient (Wildman–Crippen LogP) is 0.129. The van der Waals surface area contributed by atoms with Crippen LogP contribution in [0.4, 0.5) is 5.82 Å². The molecule has 0 spiro atoms. The van der Waals surface area contributed by atoms with Gasteiger partial charge < -0.3 is 5.32 Å². The van der Waals surface area contributed by atoms with E-state index < -0.39 is 10.0 Å². The van der Waals surface area contributed by atoms with Crippen LogP contribution in [0.15, 0.2) is 15.5 Å². The fourth-order valence-electron chi connectivity index (χ4n) is 1.02. The number of nitrogens with one attached hydrogen (secondary N) is 1. The molecule has 0 saturated heterocycles. The maximum Gasteiger partial charge on any atom is 0.290 e. The van der Waals surface area contributed by atoms with Crippen molar-refractivity contribution in [1.82, 2.24) is 9.78 Å². The van der Waals surface area contributed by atoms with E-state index in [1.807, 2.05) is 0 Å². The highest BCUT2D eigenvalue weighted by Gasteiger charge is 2.27. The van der Waals surface area contributed by atoms with Crippen LogP contribution in [-0.4, -0.2) is 23.5 Å². The molecule has 1 aliphatic heterocycles. The highest BCUT2D eigenvalue weighted by atomic mass is 35.5. The smallest absolute Gasteiger partial charge is 0.290 e. The number of aryl methyl sites for hydroxylation is 1. The van der Waals surface area contributed by atoms with E-state index in [2.05, 4.69) is 14.8 Å². The molecule has 8 heteroatoms. The number of hydrogen-bond donors (Lipinski definition) is 1. The number of anilines is 1. The summed E-state index contributed by atoms with van der Waals surface area (Å²) in [6, 6.07) is 0. The largest absolute Gasteiger partial charge is 0.314 e. The van der Waals surface area contributed by atoms with Crippen LogP contribution in [0.25, 0.3) is 0 Å². The Balaban J connectivity index is 2.74. The minimum atomic E-state index is -3.66. The lowest BCUT2D eigenvalue weighted by atomic mass is 10.6. The van der Waals surface area contributed by atoms with Gasteiger partial charge in [0.05, 0.1) is 6.20 Å². The van der Waals surface area contributed by atoms with Crippen LogP contribution in [0.1, 0.15) is 0 Å². The van der Waals surface area contributed by atoms with Crippen molar-refractivity contribution >= 4 is 32.7 Å². The standard InChI is InChI=1S/C5H5ClN4O2S/c1-10-4-3(2-7-10)13(11,12)9-5(6)8-4/h2H,1H3,(H,8,9). The fourth-order valence-corrected chi connectivity index (χ4v) is 2.35. The lowest BCUT2D eigenvalue weighted by Gasteiger charge is -2.10. The number of aromatic nitrogens is 2. The van der Waals surface area contributed by atoms with Gasteiger partial charge in [-0.1, -0.05) is 0 Å². The van der Waals surface area contributed by atoms with Crippen LogP contribution in [0, 0.1) is 0 Å². The fraction of sp³-hybridized carbons (Fsp3) is 0.200. The van der Waals surface area contributed by atoms with E-state index in [-0.39, 0.29) is 10.2 Å². The summed E-state index contributed by atoms with van der Waals surface area (Å²) in [6.45, 7) is 0. The second kappa shape index (κ2) is 2.46. The van der Waals surface area contributed by atoms with Crippen molar-refractivity contribution in [1.29, 1.82) is 0 Å². The summed E-state index contributed by atoms with van der Waals surface area (Å²) in [5.74, 6) is 0.333. The number of halogens is 1. The average molecular weight is 221 g/mol. The molecule has 0 aromatic carbocycles. The van der Waals surface area contributed by atoms with Gasteiger partial charge in [-0.25, -0.2) is 0 Å². The quantitative estimate of drug-likeness (QED) is 0.631. The monoisotopic (exact) mass is 220 g/mol. The highest BCUT2D eigenvalue weighted by molar-refractivity contribution is 7.90. The van der Waals surface area contributed by atoms with Gasteiger partial charge in [0.1, 0.15) is 0 Å². The Bertz CT molecular complexity index is 489. The van der Waals surface area contributed by atoms with Gasteiger partial charge in [-0.3, -0.25) is 4.68 Å². The Labute approximate surface area is 79.3 Å². The normalized spacial score (nSPS) is 18.8. The van der Waals surface area contributed by atoms with E-state index >= 15 is 0 Å². The molecule has 1 N–H and O–H groups in total. The van der Waals surface area contributed by atoms with Crippen molar-refractivity contribution in [2.24, 2.45) is 11.4 Å². The predicted molar refractivity (Wildman–Crippen MR) is 47.3 cm³/mol. The average Bonchev–Trinajstić information content (AvgIpc) is 2.31. The van der Waals surface area contributed by atoms with Gasteiger partial charge in [-0.05, 0) is 11.6 Å². The molecule has 1 aromatic heterocycles. The maximum atomic E-state index is 11.3. The number of nitrogens with zero attached hydrogens (tertiary/aromatic N) is 3. The molecule has 2 heterocycles. The molecule has 0 aliphatic carbocycles. The third-order valence-corrected chi connectivity index (χ3v) is 3.16. The van der Waals surface area contributed by atoms with Gasteiger partial charge >= 0.3 is 0 Å². The molecule has 0 atom stereocenters. The minimum Gasteiger partial charge on any atom is -0.314 e. The summed E-state index contributed by atoms with van der Waals surface area (Å²) in [5.41, 5.74) is 0. The zero-order valence-corrected chi connectivity index (χ0v) is 8.09. The molecular formula is C5H5ClN4O2S. The summed E-state index contributed by atoms with van der Waals surface area (Å²) in [4.78, 5) is 0.0411. The Morgan fingerprint density at radius 1 is 1.62 bits per heavy atom. The number of hydrogen-bond acceptors (Lipinski definition) is 4. The molecule has 0 amide bonds. The van der Waals surface area contributed by atoms with E-state index in [0.29, 0.717) is 5.82 Å². The Kier molecular flexibility index (Phi) is 1.61. The zero-order valence-electron chi connectivity index (χ0n) is 6.52. The third-order valence-electron chi connectivity index (χ3n) is 1.60. The van der Waals surface area contributed by atoms with Crippen molar-refractivity contribution < 1.29 is 8.42 Å². The van der Waals surface area contributed by atoms with Gasteiger partial charge in [-0.15, -0.1) is 4.40 Å². The Morgan fingerprint density at radius 2 is 2.31 bits per heavy atom. The third kappa shape index (κ3) is 1.20. The van der Waals surface area contributed by atoms with Crippen LogP contribution in [0.3, 0.4) is 0 Å². The van der Waals surface area contributed by atoms with Gasteiger partial charge in [0, 0.05) is 7.05 Å². The first-order valence-electron chi connectivity index (χ1n) is 3.30. The van der Waals surface area contributed by atoms with Crippen LogP contribution in [0.2, 0.25) is 0 Å². The van der Waals surface area contributed by atoms with Gasteiger partial charge in [-0.2, -0.15) is 13.5 Å². The molecular weight excluding hydrogens is 216 g/mol. The lowest BCUT2D eigenvalue weighted by Crippen LogP contribution is -2.18. The second-order valence-electron chi connectivity index (χ2n) is 2.46. The molecule has 1 aliphatic rings. The van der Waals surface area contributed by atoms with Crippen molar-refractivity contribution in [3.05, 3.63) is 6.20 Å².